The third kappa shape index (κ3) is 3.73. The first kappa shape index (κ1) is 21.1. The van der Waals surface area contributed by atoms with Gasteiger partial charge in [0.15, 0.2) is 5.82 Å². The maximum Gasteiger partial charge on any atom is 0.252 e. The molecule has 1 amide bonds. The largest absolute Gasteiger partial charge is 0.340 e. The highest BCUT2D eigenvalue weighted by Gasteiger charge is 2.52. The molecule has 9 heteroatoms. The second-order valence-corrected chi connectivity index (χ2v) is 8.53. The summed E-state index contributed by atoms with van der Waals surface area (Å²) in [6, 6.07) is -1.04. The van der Waals surface area contributed by atoms with Crippen molar-refractivity contribution in [2.24, 2.45) is 5.92 Å². The van der Waals surface area contributed by atoms with Crippen LogP contribution in [-0.2, 0) is 4.79 Å². The van der Waals surface area contributed by atoms with E-state index in [1.807, 2.05) is 12.2 Å². The first-order valence-corrected chi connectivity index (χ1v) is 10.3. The summed E-state index contributed by atoms with van der Waals surface area (Å²) in [7, 11) is 1.65. The van der Waals surface area contributed by atoms with Gasteiger partial charge in [0.25, 0.3) is 5.92 Å². The van der Waals surface area contributed by atoms with Crippen LogP contribution in [0.3, 0.4) is 0 Å². The molecule has 3 heterocycles. The maximum absolute atomic E-state index is 13.6. The van der Waals surface area contributed by atoms with Crippen molar-refractivity contribution in [2.75, 3.05) is 16.8 Å². The van der Waals surface area contributed by atoms with E-state index in [2.05, 4.69) is 30.4 Å². The molecule has 2 aromatic heterocycles. The Hall–Kier alpha value is -3.10. The number of anilines is 2. The lowest BCUT2D eigenvalue weighted by atomic mass is 9.85. The maximum atomic E-state index is 13.6. The number of alkyl halides is 2. The van der Waals surface area contributed by atoms with Crippen molar-refractivity contribution in [3.8, 4) is 5.95 Å². The van der Waals surface area contributed by atoms with Crippen molar-refractivity contribution in [1.82, 2.24) is 19.5 Å². The monoisotopic (exact) mass is 428 g/mol. The van der Waals surface area contributed by atoms with Crippen molar-refractivity contribution in [3.05, 3.63) is 43.1 Å². The number of aromatic nitrogens is 4. The topological polar surface area (TPSA) is 67.2 Å². The Morgan fingerprint density at radius 3 is 2.68 bits per heavy atom. The minimum Gasteiger partial charge on any atom is -0.340 e. The van der Waals surface area contributed by atoms with Crippen molar-refractivity contribution in [1.29, 1.82) is 0 Å². The summed E-state index contributed by atoms with van der Waals surface area (Å²) < 4.78 is 28.9. The van der Waals surface area contributed by atoms with Crippen LogP contribution < -0.4 is 9.80 Å². The van der Waals surface area contributed by atoms with Crippen molar-refractivity contribution in [2.45, 2.75) is 51.6 Å². The molecule has 1 aliphatic heterocycles. The normalized spacial score (nSPS) is 21.0. The fourth-order valence-corrected chi connectivity index (χ4v) is 4.00. The van der Waals surface area contributed by atoms with Crippen molar-refractivity contribution < 1.29 is 13.6 Å². The number of nitrogens with zero attached hydrogens (tertiary/aromatic N) is 6. The molecule has 0 N–H and O–H groups in total. The molecule has 0 bridgehead atoms. The lowest BCUT2D eigenvalue weighted by Gasteiger charge is -2.48. The molecule has 2 aliphatic rings. The number of amides is 1. The average Bonchev–Trinajstić information content (AvgIpc) is 3.18. The number of hydrogen-bond donors (Lipinski definition) is 0. The fraction of sp³-hybridized carbons (Fsp3) is 0.455. The third-order valence-electron chi connectivity index (χ3n) is 5.74. The third-order valence-corrected chi connectivity index (χ3v) is 5.74. The standard InChI is InChI=1S/C22H26F2N6O/c1-13(2)6-7-14(3)18-25-8-9-29(18)21-26-12-17-19(27-21)30(15(4)20(31)28(17)5)16-10-22(23,24)11-16/h6-9,12-13,15-16H,3,10-11H2,1-2,4-5H3. The van der Waals surface area contributed by atoms with E-state index in [1.165, 1.54) is 4.90 Å². The van der Waals surface area contributed by atoms with Gasteiger partial charge in [-0.3, -0.25) is 9.36 Å². The summed E-state index contributed by atoms with van der Waals surface area (Å²) in [6.07, 6.45) is 8.26. The summed E-state index contributed by atoms with van der Waals surface area (Å²) in [4.78, 5) is 29.4. The molecule has 1 fully saturated rings. The van der Waals surface area contributed by atoms with E-state index in [1.54, 1.807) is 42.0 Å². The molecule has 1 unspecified atom stereocenters. The van der Waals surface area contributed by atoms with Crippen molar-refractivity contribution in [3.63, 3.8) is 0 Å². The van der Waals surface area contributed by atoms with E-state index in [9.17, 15) is 13.6 Å². The average molecular weight is 428 g/mol. The van der Waals surface area contributed by atoms with Gasteiger partial charge in [-0.2, -0.15) is 4.98 Å². The molecule has 7 nitrogen and oxygen atoms in total. The molecule has 0 spiro atoms. The molecule has 1 saturated carbocycles. The minimum atomic E-state index is -2.70. The number of carbonyl (C=O) groups excluding carboxylic acids is 1. The van der Waals surface area contributed by atoms with Gasteiger partial charge in [-0.1, -0.05) is 32.6 Å². The number of halogens is 2. The number of rotatable bonds is 5. The van der Waals surface area contributed by atoms with Gasteiger partial charge in [-0.05, 0) is 12.8 Å². The van der Waals surface area contributed by atoms with Crippen LogP contribution >= 0.6 is 0 Å². The van der Waals surface area contributed by atoms with E-state index >= 15 is 0 Å². The van der Waals surface area contributed by atoms with Gasteiger partial charge < -0.3 is 9.80 Å². The Bertz CT molecular complexity index is 1050. The zero-order valence-corrected chi connectivity index (χ0v) is 18.1. The van der Waals surface area contributed by atoms with Crippen LogP contribution in [0.4, 0.5) is 20.3 Å². The second-order valence-electron chi connectivity index (χ2n) is 8.53. The van der Waals surface area contributed by atoms with E-state index in [0.29, 0.717) is 34.8 Å². The van der Waals surface area contributed by atoms with Gasteiger partial charge in [0.2, 0.25) is 11.9 Å². The lowest BCUT2D eigenvalue weighted by Crippen LogP contribution is -2.60. The van der Waals surface area contributed by atoms with Gasteiger partial charge in [0.1, 0.15) is 17.6 Å². The minimum absolute atomic E-state index is 0.172. The molecule has 0 aromatic carbocycles. The summed E-state index contributed by atoms with van der Waals surface area (Å²) >= 11 is 0. The lowest BCUT2D eigenvalue weighted by molar-refractivity contribution is -0.121. The Morgan fingerprint density at radius 1 is 1.32 bits per heavy atom. The quantitative estimate of drug-likeness (QED) is 0.677. The van der Waals surface area contributed by atoms with Gasteiger partial charge in [-0.15, -0.1) is 0 Å². The van der Waals surface area contributed by atoms with Gasteiger partial charge in [0, 0.05) is 43.9 Å². The number of fused-ring (bicyclic) bond motifs is 1. The Labute approximate surface area is 180 Å². The van der Waals surface area contributed by atoms with E-state index in [0.717, 1.165) is 0 Å². The highest BCUT2D eigenvalue weighted by Crippen LogP contribution is 2.45. The SMILES string of the molecule is C=C(C=CC(C)C)c1nccn1-c1ncc2c(n1)N(C1CC(F)(F)C1)C(C)C(=O)N2C. The van der Waals surface area contributed by atoms with Crippen LogP contribution in [0.5, 0.6) is 0 Å². The number of imidazole rings is 1. The molecular weight excluding hydrogens is 402 g/mol. The number of carbonyl (C=O) groups is 1. The van der Waals surface area contributed by atoms with Crippen LogP contribution in [0.25, 0.3) is 11.5 Å². The Balaban J connectivity index is 1.75. The smallest absolute Gasteiger partial charge is 0.252 e. The molecule has 0 saturated heterocycles. The summed E-state index contributed by atoms with van der Waals surface area (Å²) in [5.41, 5.74) is 1.21. The molecular formula is C22H26F2N6O. The molecule has 4 rings (SSSR count). The molecule has 164 valence electrons. The van der Waals surface area contributed by atoms with Crippen LogP contribution in [0.1, 0.15) is 39.4 Å². The zero-order chi connectivity index (χ0) is 22.5. The van der Waals surface area contributed by atoms with Gasteiger partial charge in [0.05, 0.1) is 6.20 Å². The predicted molar refractivity (Wildman–Crippen MR) is 115 cm³/mol. The Kier molecular flexibility index (Phi) is 5.15. The van der Waals surface area contributed by atoms with E-state index in [-0.39, 0.29) is 18.7 Å². The number of allylic oxidation sites excluding steroid dienone is 3. The van der Waals surface area contributed by atoms with E-state index in [4.69, 9.17) is 4.98 Å². The first-order valence-electron chi connectivity index (χ1n) is 10.3. The molecule has 1 aliphatic carbocycles. The van der Waals surface area contributed by atoms with Crippen molar-refractivity contribution >= 4 is 23.0 Å². The van der Waals surface area contributed by atoms with Crippen LogP contribution in [-0.4, -0.2) is 50.5 Å². The summed E-state index contributed by atoms with van der Waals surface area (Å²) in [5, 5.41) is 0. The summed E-state index contributed by atoms with van der Waals surface area (Å²) in [5.74, 6) is -1.10. The van der Waals surface area contributed by atoms with Crippen LogP contribution in [0, 0.1) is 5.92 Å². The predicted octanol–water partition coefficient (Wildman–Crippen LogP) is 3.86. The van der Waals surface area contributed by atoms with E-state index < -0.39 is 18.0 Å². The zero-order valence-electron chi connectivity index (χ0n) is 18.1. The van der Waals surface area contributed by atoms with Gasteiger partial charge in [-0.25, -0.2) is 18.7 Å². The summed E-state index contributed by atoms with van der Waals surface area (Å²) in [6.45, 7) is 9.95. The highest BCUT2D eigenvalue weighted by molar-refractivity contribution is 6.04. The molecule has 1 atom stereocenters. The second kappa shape index (κ2) is 7.55. The first-order chi connectivity index (χ1) is 14.6. The van der Waals surface area contributed by atoms with Crippen LogP contribution in [0.15, 0.2) is 37.3 Å². The highest BCUT2D eigenvalue weighted by atomic mass is 19.3. The fourth-order valence-electron chi connectivity index (χ4n) is 4.00. The van der Waals surface area contributed by atoms with Gasteiger partial charge >= 0.3 is 0 Å². The molecule has 2 aromatic rings. The number of hydrogen-bond acceptors (Lipinski definition) is 5. The molecule has 0 radical (unpaired) electrons. The number of likely N-dealkylation sites (N-methyl/N-ethyl adjacent to an activating group) is 1. The Morgan fingerprint density at radius 2 is 2.03 bits per heavy atom. The van der Waals surface area contributed by atoms with Crippen LogP contribution in [0.2, 0.25) is 0 Å². The molecule has 31 heavy (non-hydrogen) atoms.